The van der Waals surface area contributed by atoms with Gasteiger partial charge in [-0.3, -0.25) is 23.2 Å². The maximum atomic E-state index is 4.65. The van der Waals surface area contributed by atoms with Gasteiger partial charge >= 0.3 is 0 Å². The lowest BCUT2D eigenvalue weighted by atomic mass is 9.98. The van der Waals surface area contributed by atoms with Gasteiger partial charge in [0.2, 0.25) is 11.6 Å². The molecule has 0 atom stereocenters. The number of hydrogen-bond donors (Lipinski definition) is 0. The number of benzene rings is 12. The van der Waals surface area contributed by atoms with Crippen LogP contribution in [0, 0.1) is 48.5 Å². The minimum absolute atomic E-state index is 0.749. The average Bonchev–Trinajstić information content (AvgIpc) is 1.31. The molecule has 0 aliphatic heterocycles. The first kappa shape index (κ1) is 86.0. The van der Waals surface area contributed by atoms with Crippen LogP contribution < -0.4 is 0 Å². The minimum Gasteiger partial charge on any atom is -0.327 e. The first-order valence-corrected chi connectivity index (χ1v) is 43.6. The number of rotatable bonds is 8. The molecule has 636 valence electrons. The third-order valence-electron chi connectivity index (χ3n) is 22.6. The van der Waals surface area contributed by atoms with E-state index in [0.717, 1.165) is 119 Å². The predicted molar refractivity (Wildman–Crippen MR) is 537 cm³/mol. The van der Waals surface area contributed by atoms with Crippen LogP contribution in [0.3, 0.4) is 0 Å². The molecule has 0 saturated carbocycles. The van der Waals surface area contributed by atoms with Gasteiger partial charge in [0.05, 0.1) is 62.1 Å². The second-order valence-electron chi connectivity index (χ2n) is 31.3. The SMILES string of the molecule is Cc1c(-c2ccccc2)nc2ccccn12.Cc1c(-c2ccccc2)nc2ncccn12.Cc1c(-c2ccccc2)ncc2ccccc12.Cc1nc(-c2ccccc2)c2ccccc2n1.Cc1nc2ccccn2c1-c1ccccc1.Cc1nc2ncccn2c1-c1ccccc1.Cc1ncc2ccccc2c1-c1ccccc1.Cn1c(-c2ccccc2)nc2ccccc21. The molecule has 0 radical (unpaired) electrons. The van der Waals surface area contributed by atoms with Crippen molar-refractivity contribution in [2.75, 3.05) is 0 Å². The Morgan fingerprint density at radius 1 is 0.237 bits per heavy atom. The summed E-state index contributed by atoms with van der Waals surface area (Å²) in [7, 11) is 2.05. The van der Waals surface area contributed by atoms with Gasteiger partial charge in [-0.2, -0.15) is 0 Å². The molecule has 0 unspecified atom stereocenters. The fourth-order valence-electron chi connectivity index (χ4n) is 16.3. The highest BCUT2D eigenvalue weighted by molar-refractivity contribution is 5.97. The van der Waals surface area contributed by atoms with Crippen molar-refractivity contribution < 1.29 is 0 Å². The molecule has 131 heavy (non-hydrogen) atoms. The topological polar surface area (TPSA) is 164 Å². The van der Waals surface area contributed by atoms with E-state index in [2.05, 4.69) is 286 Å². The van der Waals surface area contributed by atoms with Gasteiger partial charge in [0, 0.05) is 134 Å². The zero-order valence-electron chi connectivity index (χ0n) is 74.2. The first-order chi connectivity index (χ1) is 64.4. The van der Waals surface area contributed by atoms with Crippen molar-refractivity contribution in [3.8, 4) is 90.1 Å². The summed E-state index contributed by atoms with van der Waals surface area (Å²) in [5, 5.41) is 6.04. The van der Waals surface area contributed by atoms with Crippen LogP contribution in [0.2, 0.25) is 0 Å². The van der Waals surface area contributed by atoms with Gasteiger partial charge in [0.25, 0.3) is 0 Å². The Morgan fingerprint density at radius 3 is 1.19 bits per heavy atom. The second-order valence-corrected chi connectivity index (χ2v) is 31.3. The summed E-state index contributed by atoms with van der Waals surface area (Å²) < 4.78 is 10.4. The quantitative estimate of drug-likeness (QED) is 0.142. The number of para-hydroxylation sites is 3. The van der Waals surface area contributed by atoms with Crippen molar-refractivity contribution >= 4 is 66.3 Å². The predicted octanol–water partition coefficient (Wildman–Crippen LogP) is 27.3. The number of fused-ring (bicyclic) bond motifs is 8. The van der Waals surface area contributed by atoms with Crippen molar-refractivity contribution in [1.82, 2.24) is 77.0 Å². The Hall–Kier alpha value is -17.1. The fourth-order valence-corrected chi connectivity index (χ4v) is 16.3. The van der Waals surface area contributed by atoms with Gasteiger partial charge < -0.3 is 8.97 Å². The average molecular weight is 1700 g/mol. The molecule has 12 heterocycles. The molecule has 0 spiro atoms. The molecule has 12 aromatic heterocycles. The normalized spacial score (nSPS) is 10.7. The summed E-state index contributed by atoms with van der Waals surface area (Å²) in [5.74, 6) is 3.32. The summed E-state index contributed by atoms with van der Waals surface area (Å²) >= 11 is 0. The van der Waals surface area contributed by atoms with E-state index in [1.54, 1.807) is 12.4 Å². The number of nitrogens with zero attached hydrogens (tertiary/aromatic N) is 16. The molecule has 0 amide bonds. The van der Waals surface area contributed by atoms with E-state index in [1.165, 1.54) is 77.4 Å². The van der Waals surface area contributed by atoms with Gasteiger partial charge in [-0.1, -0.05) is 334 Å². The molecule has 0 fully saturated rings. The van der Waals surface area contributed by atoms with Crippen LogP contribution in [0.5, 0.6) is 0 Å². The third-order valence-corrected chi connectivity index (χ3v) is 22.6. The Morgan fingerprint density at radius 2 is 0.634 bits per heavy atom. The lowest BCUT2D eigenvalue weighted by Gasteiger charge is -2.09. The van der Waals surface area contributed by atoms with E-state index in [9.17, 15) is 0 Å². The van der Waals surface area contributed by atoms with Gasteiger partial charge in [0.1, 0.15) is 22.9 Å². The number of aromatic nitrogens is 16. The van der Waals surface area contributed by atoms with Crippen LogP contribution in [0.15, 0.2) is 438 Å². The van der Waals surface area contributed by atoms with Crippen molar-refractivity contribution in [1.29, 1.82) is 0 Å². The maximum absolute atomic E-state index is 4.65. The molecule has 16 heteroatoms. The smallest absolute Gasteiger partial charge is 0.234 e. The second kappa shape index (κ2) is 40.9. The van der Waals surface area contributed by atoms with Crippen LogP contribution in [0.25, 0.3) is 156 Å². The number of hydrogen-bond acceptors (Lipinski definition) is 11. The monoisotopic (exact) mass is 1700 g/mol. The van der Waals surface area contributed by atoms with Crippen LogP contribution in [0.4, 0.5) is 0 Å². The van der Waals surface area contributed by atoms with Crippen LogP contribution in [-0.4, -0.2) is 77.0 Å². The molecule has 24 rings (SSSR count). The van der Waals surface area contributed by atoms with E-state index in [-0.39, 0.29) is 0 Å². The number of aryl methyl sites for hydroxylation is 8. The highest BCUT2D eigenvalue weighted by atomic mass is 15.1. The van der Waals surface area contributed by atoms with Crippen LogP contribution >= 0.6 is 0 Å². The van der Waals surface area contributed by atoms with E-state index < -0.39 is 0 Å². The zero-order valence-corrected chi connectivity index (χ0v) is 74.2. The lowest BCUT2D eigenvalue weighted by molar-refractivity contribution is 0.959. The molecule has 16 nitrogen and oxygen atoms in total. The van der Waals surface area contributed by atoms with E-state index in [1.807, 2.05) is 272 Å². The standard InChI is InChI=1S/2C16H13N.C15H12N2.3C14H12N2.2C13H11N3/c1-12-16(13-7-3-2-4-8-13)15-10-6-5-9-14(15)11-17-12;1-12-15-10-6-5-9-14(15)11-17-16(12)13-7-3-2-4-8-13;1-11-16-14-10-6-5-9-13(14)15(17-11)12-7-3-2-4-8-12;1-16-13-10-6-5-9-12(13)15-14(16)11-7-3-2-4-8-11;1-11-14(12-7-3-2-4-8-12)15-13-9-5-6-10-16(11)13;1-11-14(12-7-3-2-4-8-12)16-10-6-5-9-13(16)15-11;1-10-12(11-6-3-2-4-7-11)15-13-14-8-5-9-16(10)13;1-10-12(11-6-3-2-4-7-11)16-9-5-8-14-13(16)15-10/h2*2-11H,1H3;2-10H,1H3;3*2-10H,1H3;2*2-9H,1H3. The van der Waals surface area contributed by atoms with E-state index in [4.69, 9.17) is 0 Å². The number of pyridine rings is 4. The summed E-state index contributed by atoms with van der Waals surface area (Å²) in [5.41, 5.74) is 28.9. The Bertz CT molecular complexity index is 7510. The maximum Gasteiger partial charge on any atom is 0.234 e. The van der Waals surface area contributed by atoms with Crippen molar-refractivity contribution in [2.24, 2.45) is 7.05 Å². The van der Waals surface area contributed by atoms with Crippen molar-refractivity contribution in [3.63, 3.8) is 0 Å². The molecular formula is C115H96N16. The van der Waals surface area contributed by atoms with Gasteiger partial charge in [-0.25, -0.2) is 44.9 Å². The van der Waals surface area contributed by atoms with Crippen molar-refractivity contribution in [2.45, 2.75) is 48.5 Å². The molecule has 24 aromatic rings. The van der Waals surface area contributed by atoms with Crippen molar-refractivity contribution in [3.05, 3.63) is 478 Å². The third kappa shape index (κ3) is 19.8. The van der Waals surface area contributed by atoms with Crippen LogP contribution in [0.1, 0.15) is 39.9 Å². The van der Waals surface area contributed by atoms with Gasteiger partial charge in [-0.15, -0.1) is 0 Å². The van der Waals surface area contributed by atoms with Gasteiger partial charge in [0.15, 0.2) is 0 Å². The zero-order chi connectivity index (χ0) is 89.8. The van der Waals surface area contributed by atoms with Gasteiger partial charge in [-0.05, 0) is 125 Å². The molecule has 0 bridgehead atoms. The largest absolute Gasteiger partial charge is 0.327 e. The Balaban J connectivity index is 0.000000105. The molecule has 0 N–H and O–H groups in total. The lowest BCUT2D eigenvalue weighted by Crippen LogP contribution is -1.93. The summed E-state index contributed by atoms with van der Waals surface area (Å²) in [6.07, 6.45) is 15.5. The van der Waals surface area contributed by atoms with E-state index in [0.29, 0.717) is 0 Å². The fraction of sp³-hybridized carbons (Fsp3) is 0.0696. The van der Waals surface area contributed by atoms with E-state index >= 15 is 0 Å². The Labute approximate surface area is 761 Å². The summed E-state index contributed by atoms with van der Waals surface area (Å²) in [6, 6.07) is 131. The molecule has 0 saturated heterocycles. The first-order valence-electron chi connectivity index (χ1n) is 43.6. The molecule has 0 aliphatic carbocycles. The molecular weight excluding hydrogens is 1610 g/mol. The number of imidazole rings is 5. The molecule has 12 aromatic carbocycles. The summed E-state index contributed by atoms with van der Waals surface area (Å²) in [6.45, 7) is 14.4. The highest BCUT2D eigenvalue weighted by Gasteiger charge is 2.17. The minimum atomic E-state index is 0.749. The highest BCUT2D eigenvalue weighted by Crippen LogP contribution is 2.34. The summed E-state index contributed by atoms with van der Waals surface area (Å²) in [4.78, 5) is 49.4. The molecule has 0 aliphatic rings. The van der Waals surface area contributed by atoms with Crippen LogP contribution in [-0.2, 0) is 7.05 Å². The Kier molecular flexibility index (Phi) is 26.9.